The maximum absolute atomic E-state index is 11.9. The Morgan fingerprint density at radius 2 is 2.00 bits per heavy atom. The highest BCUT2D eigenvalue weighted by Gasteiger charge is 2.40. The molecule has 0 spiro atoms. The number of rotatable bonds is 3. The zero-order valence-electron chi connectivity index (χ0n) is 11.8. The molecule has 6 heteroatoms. The molecule has 1 heterocycles. The van der Waals surface area contributed by atoms with Crippen LogP contribution in [0.15, 0.2) is 23.1 Å². The van der Waals surface area contributed by atoms with Gasteiger partial charge in [0, 0.05) is 11.8 Å². The van der Waals surface area contributed by atoms with Crippen molar-refractivity contribution in [2.75, 3.05) is 6.26 Å². The molecule has 4 nitrogen and oxygen atoms in total. The topological polar surface area (TPSA) is 54.9 Å². The number of hydrogen-bond acceptors (Lipinski definition) is 3. The second kappa shape index (κ2) is 4.18. The van der Waals surface area contributed by atoms with Crippen LogP contribution >= 0.6 is 12.2 Å². The van der Waals surface area contributed by atoms with Crippen molar-refractivity contribution in [3.63, 3.8) is 0 Å². The molecule has 0 aliphatic heterocycles. The Kier molecular flexibility index (Phi) is 2.89. The summed E-state index contributed by atoms with van der Waals surface area (Å²) in [6, 6.07) is 5.33. The van der Waals surface area contributed by atoms with Gasteiger partial charge in [-0.3, -0.25) is 0 Å². The van der Waals surface area contributed by atoms with Crippen molar-refractivity contribution in [2.45, 2.75) is 37.1 Å². The number of para-hydroxylation sites is 1. The lowest BCUT2D eigenvalue weighted by Crippen LogP contribution is -2.28. The van der Waals surface area contributed by atoms with Crippen molar-refractivity contribution in [1.29, 1.82) is 0 Å². The summed E-state index contributed by atoms with van der Waals surface area (Å²) in [4.78, 5) is 3.40. The maximum atomic E-state index is 11.9. The van der Waals surface area contributed by atoms with Gasteiger partial charge < -0.3 is 9.55 Å². The third kappa shape index (κ3) is 2.02. The van der Waals surface area contributed by atoms with E-state index in [-0.39, 0.29) is 5.54 Å². The Morgan fingerprint density at radius 1 is 1.35 bits per heavy atom. The van der Waals surface area contributed by atoms with Gasteiger partial charge in [-0.15, -0.1) is 0 Å². The Morgan fingerprint density at radius 3 is 2.55 bits per heavy atom. The Bertz CT molecular complexity index is 840. The standard InChI is InChI=1S/C14H18N2O2S2/c1-14(2,9-7-8-9)16-10-5-4-6-11(20(3,17)18)12(10)15-13(16)19/h4-6,9H,7-8H2,1-3H3,(H,15,19). The van der Waals surface area contributed by atoms with Gasteiger partial charge in [-0.1, -0.05) is 6.07 Å². The molecule has 1 N–H and O–H groups in total. The van der Waals surface area contributed by atoms with Gasteiger partial charge >= 0.3 is 0 Å². The summed E-state index contributed by atoms with van der Waals surface area (Å²) >= 11 is 5.44. The molecule has 3 rings (SSSR count). The first-order chi connectivity index (χ1) is 9.23. The second-order valence-electron chi connectivity index (χ2n) is 6.12. The third-order valence-electron chi connectivity index (χ3n) is 4.23. The SMILES string of the molecule is CC(C)(C1CC1)n1c(=S)[nH]c2c(S(C)(=O)=O)cccc21. The van der Waals surface area contributed by atoms with Crippen LogP contribution in [0.2, 0.25) is 0 Å². The van der Waals surface area contributed by atoms with Crippen LogP contribution in [0.25, 0.3) is 11.0 Å². The van der Waals surface area contributed by atoms with E-state index >= 15 is 0 Å². The fraction of sp³-hybridized carbons (Fsp3) is 0.500. The number of nitrogens with one attached hydrogen (secondary N) is 1. The minimum absolute atomic E-state index is 0.0918. The number of hydrogen-bond donors (Lipinski definition) is 1. The van der Waals surface area contributed by atoms with E-state index < -0.39 is 9.84 Å². The van der Waals surface area contributed by atoms with Crippen molar-refractivity contribution < 1.29 is 8.42 Å². The summed E-state index contributed by atoms with van der Waals surface area (Å²) < 4.78 is 26.5. The monoisotopic (exact) mass is 310 g/mol. The van der Waals surface area contributed by atoms with Crippen LogP contribution in [-0.4, -0.2) is 24.2 Å². The van der Waals surface area contributed by atoms with E-state index in [0.717, 1.165) is 5.52 Å². The molecule has 1 aromatic carbocycles. The predicted molar refractivity (Wildman–Crippen MR) is 82.3 cm³/mol. The zero-order valence-corrected chi connectivity index (χ0v) is 13.4. The van der Waals surface area contributed by atoms with Crippen LogP contribution < -0.4 is 0 Å². The number of nitrogens with zero attached hydrogens (tertiary/aromatic N) is 1. The normalized spacial score (nSPS) is 16.8. The first kappa shape index (κ1) is 13.8. The lowest BCUT2D eigenvalue weighted by molar-refractivity contribution is 0.310. The molecule has 0 atom stereocenters. The van der Waals surface area contributed by atoms with Gasteiger partial charge in [0.15, 0.2) is 14.6 Å². The van der Waals surface area contributed by atoms with Crippen LogP contribution in [0.4, 0.5) is 0 Å². The summed E-state index contributed by atoms with van der Waals surface area (Å²) in [5.41, 5.74) is 1.40. The molecule has 0 saturated heterocycles. The fourth-order valence-electron chi connectivity index (χ4n) is 2.96. The van der Waals surface area contributed by atoms with Gasteiger partial charge in [0.25, 0.3) is 0 Å². The van der Waals surface area contributed by atoms with Crippen LogP contribution in [0, 0.1) is 10.7 Å². The first-order valence-electron chi connectivity index (χ1n) is 6.67. The van der Waals surface area contributed by atoms with Gasteiger partial charge in [-0.2, -0.15) is 0 Å². The highest BCUT2D eigenvalue weighted by Crippen LogP contribution is 2.45. The van der Waals surface area contributed by atoms with E-state index in [1.165, 1.54) is 19.1 Å². The number of aromatic amines is 1. The van der Waals surface area contributed by atoms with Gasteiger partial charge in [0.2, 0.25) is 0 Å². The predicted octanol–water partition coefficient (Wildman–Crippen LogP) is 3.25. The third-order valence-corrected chi connectivity index (χ3v) is 5.66. The molecule has 1 aliphatic rings. The summed E-state index contributed by atoms with van der Waals surface area (Å²) in [5.74, 6) is 0.607. The molecule has 0 bridgehead atoms. The molecule has 0 amide bonds. The van der Waals surface area contributed by atoms with Crippen LogP contribution in [0.1, 0.15) is 26.7 Å². The fourth-order valence-corrected chi connectivity index (χ4v) is 4.25. The van der Waals surface area contributed by atoms with Crippen LogP contribution in [0.5, 0.6) is 0 Å². The van der Waals surface area contributed by atoms with Gasteiger partial charge in [0.05, 0.1) is 15.9 Å². The molecule has 0 unspecified atom stereocenters. The summed E-state index contributed by atoms with van der Waals surface area (Å²) in [6.45, 7) is 4.34. The Labute approximate surface area is 123 Å². The zero-order chi connectivity index (χ0) is 14.7. The van der Waals surface area contributed by atoms with Gasteiger partial charge in [-0.05, 0) is 57.0 Å². The van der Waals surface area contributed by atoms with E-state index in [1.807, 2.05) is 6.07 Å². The molecular weight excluding hydrogens is 292 g/mol. The highest BCUT2D eigenvalue weighted by molar-refractivity contribution is 7.91. The molecule has 0 radical (unpaired) electrons. The minimum Gasteiger partial charge on any atom is -0.329 e. The number of benzene rings is 1. The second-order valence-corrected chi connectivity index (χ2v) is 8.49. The molecule has 1 aliphatic carbocycles. The number of imidazole rings is 1. The molecule has 108 valence electrons. The Hall–Kier alpha value is -1.14. The largest absolute Gasteiger partial charge is 0.329 e. The van der Waals surface area contributed by atoms with Crippen molar-refractivity contribution >= 4 is 33.1 Å². The van der Waals surface area contributed by atoms with Gasteiger partial charge in [-0.25, -0.2) is 8.42 Å². The molecule has 1 fully saturated rings. The van der Waals surface area contributed by atoms with E-state index in [2.05, 4.69) is 23.4 Å². The molecule has 1 aromatic heterocycles. The quantitative estimate of drug-likeness (QED) is 0.885. The van der Waals surface area contributed by atoms with E-state index in [0.29, 0.717) is 21.1 Å². The molecule has 2 aromatic rings. The molecule has 20 heavy (non-hydrogen) atoms. The first-order valence-corrected chi connectivity index (χ1v) is 8.97. The number of sulfone groups is 1. The van der Waals surface area contributed by atoms with Crippen molar-refractivity contribution in [1.82, 2.24) is 9.55 Å². The molecular formula is C14H18N2O2S2. The number of H-pyrrole nitrogens is 1. The maximum Gasteiger partial charge on any atom is 0.178 e. The van der Waals surface area contributed by atoms with E-state index in [9.17, 15) is 8.42 Å². The Balaban J connectivity index is 2.36. The number of aromatic nitrogens is 2. The lowest BCUT2D eigenvalue weighted by atomic mass is 9.98. The molecule has 1 saturated carbocycles. The highest BCUT2D eigenvalue weighted by atomic mass is 32.2. The van der Waals surface area contributed by atoms with Crippen LogP contribution in [-0.2, 0) is 15.4 Å². The van der Waals surface area contributed by atoms with Crippen molar-refractivity contribution in [3.05, 3.63) is 23.0 Å². The van der Waals surface area contributed by atoms with Gasteiger partial charge in [0.1, 0.15) is 0 Å². The lowest BCUT2D eigenvalue weighted by Gasteiger charge is -2.27. The van der Waals surface area contributed by atoms with Crippen LogP contribution in [0.3, 0.4) is 0 Å². The van der Waals surface area contributed by atoms with E-state index in [1.54, 1.807) is 12.1 Å². The average molecular weight is 310 g/mol. The average Bonchev–Trinajstić information content (AvgIpc) is 3.09. The summed E-state index contributed by atoms with van der Waals surface area (Å²) in [7, 11) is -3.27. The summed E-state index contributed by atoms with van der Waals surface area (Å²) in [6.07, 6.45) is 3.63. The van der Waals surface area contributed by atoms with Crippen molar-refractivity contribution in [3.8, 4) is 0 Å². The van der Waals surface area contributed by atoms with E-state index in [4.69, 9.17) is 12.2 Å². The van der Waals surface area contributed by atoms with Crippen molar-refractivity contribution in [2.24, 2.45) is 5.92 Å². The minimum atomic E-state index is -3.27. The smallest absolute Gasteiger partial charge is 0.178 e. The summed E-state index contributed by atoms with van der Waals surface area (Å²) in [5, 5.41) is 0. The number of fused-ring (bicyclic) bond motifs is 1.